The third-order valence-electron chi connectivity index (χ3n) is 4.84. The van der Waals surface area contributed by atoms with Crippen molar-refractivity contribution >= 4 is 24.5 Å². The highest BCUT2D eigenvalue weighted by Crippen LogP contribution is 2.56. The van der Waals surface area contributed by atoms with Crippen LogP contribution in [0.3, 0.4) is 0 Å². The average molecular weight is 401 g/mol. The van der Waals surface area contributed by atoms with Crippen LogP contribution in [0, 0.1) is 0 Å². The number of hydrogen-bond acceptors (Lipinski definition) is 2. The molecule has 3 aromatic carbocycles. The minimum absolute atomic E-state index is 0.456. The van der Waals surface area contributed by atoms with Crippen molar-refractivity contribution in [3.63, 3.8) is 0 Å². The van der Waals surface area contributed by atoms with E-state index >= 15 is 0 Å². The largest absolute Gasteiger partial charge is 0.456 e. The fourth-order valence-corrected chi connectivity index (χ4v) is 5.09. The van der Waals surface area contributed by atoms with Gasteiger partial charge in [0, 0.05) is 28.4 Å². The molecule has 0 unspecified atom stereocenters. The van der Waals surface area contributed by atoms with Gasteiger partial charge in [0.2, 0.25) is 7.29 Å². The summed E-state index contributed by atoms with van der Waals surface area (Å²) >= 11 is 0. The van der Waals surface area contributed by atoms with Crippen molar-refractivity contribution in [3.05, 3.63) is 113 Å². The summed E-state index contributed by atoms with van der Waals surface area (Å²) in [5.41, 5.74) is 3.87. The highest BCUT2D eigenvalue weighted by molar-refractivity contribution is 7.72. The first-order chi connectivity index (χ1) is 14.0. The lowest BCUT2D eigenvalue weighted by Gasteiger charge is -2.24. The van der Waals surface area contributed by atoms with Gasteiger partial charge in [-0.3, -0.25) is 4.57 Å². The van der Waals surface area contributed by atoms with Gasteiger partial charge in [-0.15, -0.1) is 0 Å². The zero-order valence-corrected chi connectivity index (χ0v) is 17.5. The second-order valence-corrected chi connectivity index (χ2v) is 9.58. The van der Waals surface area contributed by atoms with Crippen LogP contribution in [0.15, 0.2) is 96.6 Å². The topological polar surface area (TPSA) is 38.3 Å². The van der Waals surface area contributed by atoms with Crippen molar-refractivity contribution in [3.8, 4) is 0 Å². The molecule has 1 N–H and O–H groups in total. The molecular weight excluding hydrogens is 377 g/mol. The van der Waals surface area contributed by atoms with E-state index in [-0.39, 0.29) is 0 Å². The number of hydrogen-bond donors (Lipinski definition) is 1. The van der Waals surface area contributed by atoms with Gasteiger partial charge in [0.1, 0.15) is 11.5 Å². The van der Waals surface area contributed by atoms with Gasteiger partial charge < -0.3 is 9.82 Å². The molecule has 0 bridgehead atoms. The molecule has 1 heterocycles. The molecule has 0 saturated heterocycles. The van der Waals surface area contributed by atoms with E-state index in [1.54, 1.807) is 11.6 Å². The molecule has 146 valence electrons. The van der Waals surface area contributed by atoms with Gasteiger partial charge in [0.15, 0.2) is 0 Å². The normalized spacial score (nSPS) is 15.3. The van der Waals surface area contributed by atoms with E-state index in [2.05, 4.69) is 31.1 Å². The van der Waals surface area contributed by atoms with Crippen molar-refractivity contribution < 1.29 is 9.30 Å². The van der Waals surface area contributed by atoms with Crippen molar-refractivity contribution in [2.45, 2.75) is 19.8 Å². The molecule has 0 spiro atoms. The summed E-state index contributed by atoms with van der Waals surface area (Å²) in [7, 11) is -3.02. The Morgan fingerprint density at radius 1 is 0.724 bits per heavy atom. The molecule has 1 aliphatic rings. The highest BCUT2D eigenvalue weighted by Gasteiger charge is 2.27. The standard InChI is InChI=1S/C25H24NO2P/c1-19(2)20-13-15-23(16-14-20)26-29(27)17-24(21-9-5-3-6-10-21)28-25(18-29)22-11-7-4-8-12-22/h3-19H,1-2H3,(H,26,27). The Labute approximate surface area is 172 Å². The van der Waals surface area contributed by atoms with Crippen LogP contribution in [-0.4, -0.2) is 0 Å². The van der Waals surface area contributed by atoms with Gasteiger partial charge in [-0.05, 0) is 23.6 Å². The smallest absolute Gasteiger partial charge is 0.220 e. The average Bonchev–Trinajstić information content (AvgIpc) is 2.75. The van der Waals surface area contributed by atoms with E-state index in [1.807, 2.05) is 72.8 Å². The Balaban J connectivity index is 1.72. The maximum atomic E-state index is 13.8. The Kier molecular flexibility index (Phi) is 5.42. The zero-order chi connectivity index (χ0) is 20.3. The molecule has 0 fully saturated rings. The monoisotopic (exact) mass is 401 g/mol. The Hall–Kier alpha value is -3.03. The fraction of sp³-hybridized carbons (Fsp3) is 0.120. The van der Waals surface area contributed by atoms with E-state index in [9.17, 15) is 4.57 Å². The molecule has 0 saturated carbocycles. The molecule has 3 aromatic rings. The Morgan fingerprint density at radius 2 is 1.21 bits per heavy atom. The van der Waals surface area contributed by atoms with Crippen molar-refractivity contribution in [2.24, 2.45) is 0 Å². The predicted molar refractivity (Wildman–Crippen MR) is 122 cm³/mol. The van der Waals surface area contributed by atoms with Crippen LogP contribution in [0.4, 0.5) is 5.69 Å². The third-order valence-corrected chi connectivity index (χ3v) is 6.68. The lowest BCUT2D eigenvalue weighted by atomic mass is 10.0. The maximum Gasteiger partial charge on any atom is 0.220 e. The zero-order valence-electron chi connectivity index (χ0n) is 16.6. The van der Waals surface area contributed by atoms with Gasteiger partial charge in [-0.1, -0.05) is 86.6 Å². The summed E-state index contributed by atoms with van der Waals surface area (Å²) < 4.78 is 20.0. The molecule has 0 aromatic heterocycles. The second-order valence-electron chi connectivity index (χ2n) is 7.42. The van der Waals surface area contributed by atoms with Gasteiger partial charge in [0.25, 0.3) is 0 Å². The van der Waals surface area contributed by atoms with Gasteiger partial charge >= 0.3 is 0 Å². The number of anilines is 1. The molecule has 0 amide bonds. The third kappa shape index (κ3) is 4.52. The minimum Gasteiger partial charge on any atom is -0.456 e. The van der Waals surface area contributed by atoms with Crippen LogP contribution < -0.4 is 5.09 Å². The minimum atomic E-state index is -3.02. The van der Waals surface area contributed by atoms with E-state index in [0.29, 0.717) is 17.4 Å². The number of benzene rings is 3. The van der Waals surface area contributed by atoms with Crippen LogP contribution in [0.5, 0.6) is 0 Å². The number of ether oxygens (including phenoxy) is 1. The number of rotatable bonds is 5. The fourth-order valence-electron chi connectivity index (χ4n) is 3.24. The van der Waals surface area contributed by atoms with E-state index in [1.165, 1.54) is 5.56 Å². The van der Waals surface area contributed by atoms with E-state index < -0.39 is 7.29 Å². The Morgan fingerprint density at radius 3 is 1.66 bits per heavy atom. The van der Waals surface area contributed by atoms with Crippen LogP contribution in [0.2, 0.25) is 0 Å². The van der Waals surface area contributed by atoms with Crippen LogP contribution in [0.1, 0.15) is 36.5 Å². The summed E-state index contributed by atoms with van der Waals surface area (Å²) in [5.74, 6) is 5.08. The molecule has 29 heavy (non-hydrogen) atoms. The quantitative estimate of drug-likeness (QED) is 0.449. The lowest BCUT2D eigenvalue weighted by Crippen LogP contribution is -2.03. The molecule has 0 atom stereocenters. The van der Waals surface area contributed by atoms with Crippen LogP contribution >= 0.6 is 7.29 Å². The van der Waals surface area contributed by atoms with Gasteiger partial charge in [-0.2, -0.15) is 0 Å². The van der Waals surface area contributed by atoms with E-state index in [0.717, 1.165) is 16.8 Å². The summed E-state index contributed by atoms with van der Waals surface area (Å²) in [6, 6.07) is 27.6. The van der Waals surface area contributed by atoms with Gasteiger partial charge in [-0.25, -0.2) is 0 Å². The molecule has 4 rings (SSSR count). The lowest BCUT2D eigenvalue weighted by molar-refractivity contribution is 0.469. The summed E-state index contributed by atoms with van der Waals surface area (Å²) in [5, 5.41) is 3.25. The molecule has 0 radical (unpaired) electrons. The van der Waals surface area contributed by atoms with Crippen LogP contribution in [0.25, 0.3) is 11.5 Å². The van der Waals surface area contributed by atoms with Crippen molar-refractivity contribution in [1.82, 2.24) is 0 Å². The summed E-state index contributed by atoms with van der Waals surface area (Å²) in [6.45, 7) is 4.32. The van der Waals surface area contributed by atoms with Gasteiger partial charge in [0.05, 0.1) is 0 Å². The predicted octanol–water partition coefficient (Wildman–Crippen LogP) is 7.53. The van der Waals surface area contributed by atoms with Crippen LogP contribution in [-0.2, 0) is 9.30 Å². The molecular formula is C25H24NO2P. The molecule has 1 aliphatic heterocycles. The first kappa shape index (κ1) is 19.3. The SMILES string of the molecule is CC(C)c1ccc(NP2(=O)C=C(c3ccccc3)OC(c3ccccc3)=C2)cc1. The molecule has 4 heteroatoms. The second kappa shape index (κ2) is 8.14. The molecule has 0 aliphatic carbocycles. The first-order valence-electron chi connectivity index (χ1n) is 9.74. The van der Waals surface area contributed by atoms with E-state index in [4.69, 9.17) is 4.74 Å². The Bertz CT molecular complexity index is 1030. The molecule has 3 nitrogen and oxygen atoms in total. The summed E-state index contributed by atoms with van der Waals surface area (Å²) in [6.07, 6.45) is 0. The highest BCUT2D eigenvalue weighted by atomic mass is 31.2. The first-order valence-corrected chi connectivity index (χ1v) is 11.6. The number of nitrogens with one attached hydrogen (secondary N) is 1. The maximum absolute atomic E-state index is 13.8. The van der Waals surface area contributed by atoms with Crippen molar-refractivity contribution in [1.29, 1.82) is 0 Å². The summed E-state index contributed by atoms with van der Waals surface area (Å²) in [4.78, 5) is 0. The van der Waals surface area contributed by atoms with Crippen molar-refractivity contribution in [2.75, 3.05) is 5.09 Å².